The van der Waals surface area contributed by atoms with Crippen molar-refractivity contribution in [3.8, 4) is 5.75 Å². The summed E-state index contributed by atoms with van der Waals surface area (Å²) < 4.78 is 19.1. The molecule has 0 atom stereocenters. The van der Waals surface area contributed by atoms with Gasteiger partial charge in [0, 0.05) is 15.6 Å². The highest BCUT2D eigenvalue weighted by Crippen LogP contribution is 2.24. The van der Waals surface area contributed by atoms with E-state index < -0.39 is 17.7 Å². The predicted octanol–water partition coefficient (Wildman–Crippen LogP) is 5.22. The van der Waals surface area contributed by atoms with Gasteiger partial charge in [-0.15, -0.1) is 0 Å². The van der Waals surface area contributed by atoms with Gasteiger partial charge in [0.15, 0.2) is 0 Å². The summed E-state index contributed by atoms with van der Waals surface area (Å²) in [6, 6.07) is 16.5. The number of hydrogen-bond acceptors (Lipinski definition) is 4. The van der Waals surface area contributed by atoms with Crippen LogP contribution in [0.1, 0.15) is 26.3 Å². The van der Waals surface area contributed by atoms with Crippen LogP contribution in [0, 0.1) is 5.82 Å². The van der Waals surface area contributed by atoms with E-state index in [1.165, 1.54) is 30.5 Å². The van der Waals surface area contributed by atoms with E-state index in [-0.39, 0.29) is 21.9 Å². The van der Waals surface area contributed by atoms with Gasteiger partial charge in [0.2, 0.25) is 0 Å². The van der Waals surface area contributed by atoms with Gasteiger partial charge in [-0.25, -0.2) is 14.6 Å². The van der Waals surface area contributed by atoms with Crippen molar-refractivity contribution >= 4 is 45.6 Å². The van der Waals surface area contributed by atoms with Gasteiger partial charge in [-0.2, -0.15) is 5.10 Å². The van der Waals surface area contributed by atoms with Crippen molar-refractivity contribution in [1.82, 2.24) is 5.43 Å². The Balaban J connectivity index is 1.75. The molecule has 1 N–H and O–H groups in total. The summed E-state index contributed by atoms with van der Waals surface area (Å²) in [5.41, 5.74) is 3.26. The van der Waals surface area contributed by atoms with E-state index >= 15 is 0 Å². The minimum absolute atomic E-state index is 0.226. The molecule has 0 bridgehead atoms. The molecule has 0 aromatic heterocycles. The summed E-state index contributed by atoms with van der Waals surface area (Å²) in [7, 11) is 0. The Bertz CT molecular complexity index is 1090. The number of carbonyl (C=O) groups excluding carboxylic acids is 2. The molecule has 8 heteroatoms. The minimum atomic E-state index is -0.622. The quantitative estimate of drug-likeness (QED) is 0.238. The van der Waals surface area contributed by atoms with Crippen LogP contribution in [0.15, 0.2) is 76.3 Å². The topological polar surface area (TPSA) is 67.8 Å². The lowest BCUT2D eigenvalue weighted by Crippen LogP contribution is -2.17. The Morgan fingerprint density at radius 3 is 2.52 bits per heavy atom. The molecular weight excluding hydrogens is 463 g/mol. The number of hydrazone groups is 1. The number of ether oxygens (including phenoxy) is 1. The van der Waals surface area contributed by atoms with E-state index in [4.69, 9.17) is 16.3 Å². The van der Waals surface area contributed by atoms with Gasteiger partial charge in [0.05, 0.1) is 16.8 Å². The van der Waals surface area contributed by atoms with Crippen molar-refractivity contribution in [3.05, 3.63) is 98.7 Å². The van der Waals surface area contributed by atoms with Crippen LogP contribution >= 0.6 is 27.5 Å². The van der Waals surface area contributed by atoms with E-state index in [1.807, 2.05) is 0 Å². The molecule has 0 unspecified atom stereocenters. The van der Waals surface area contributed by atoms with E-state index in [2.05, 4.69) is 26.5 Å². The third-order valence-electron chi connectivity index (χ3n) is 3.74. The Morgan fingerprint density at radius 2 is 1.79 bits per heavy atom. The number of amides is 1. The van der Waals surface area contributed by atoms with Crippen molar-refractivity contribution in [3.63, 3.8) is 0 Å². The number of esters is 1. The number of hydrogen-bond donors (Lipinski definition) is 1. The standard InChI is InChI=1S/C21H13BrClFN2O3/c22-15-7-10-19(29-21(28)17-3-1-2-4-18(17)23)14(11-15)12-25-26-20(27)13-5-8-16(24)9-6-13/h1-12H,(H,26,27)/b25-12-. The first-order chi connectivity index (χ1) is 13.9. The molecule has 0 fully saturated rings. The normalized spacial score (nSPS) is 10.7. The monoisotopic (exact) mass is 474 g/mol. The average molecular weight is 476 g/mol. The van der Waals surface area contributed by atoms with Crippen LogP contribution in [-0.4, -0.2) is 18.1 Å². The molecule has 0 spiro atoms. The van der Waals surface area contributed by atoms with Crippen LogP contribution in [-0.2, 0) is 0 Å². The van der Waals surface area contributed by atoms with Crippen LogP contribution in [0.25, 0.3) is 0 Å². The molecule has 5 nitrogen and oxygen atoms in total. The van der Waals surface area contributed by atoms with Gasteiger partial charge in [0.1, 0.15) is 11.6 Å². The molecule has 0 heterocycles. The van der Waals surface area contributed by atoms with Gasteiger partial charge in [0.25, 0.3) is 5.91 Å². The number of nitrogens with zero attached hydrogens (tertiary/aromatic N) is 1. The molecule has 29 heavy (non-hydrogen) atoms. The number of halogens is 3. The zero-order chi connectivity index (χ0) is 20.8. The summed E-state index contributed by atoms with van der Waals surface area (Å²) >= 11 is 9.37. The lowest BCUT2D eigenvalue weighted by atomic mass is 10.2. The first kappa shape index (κ1) is 20.7. The molecule has 3 rings (SSSR count). The molecule has 0 aliphatic carbocycles. The highest BCUT2D eigenvalue weighted by molar-refractivity contribution is 9.10. The predicted molar refractivity (Wildman–Crippen MR) is 112 cm³/mol. The lowest BCUT2D eigenvalue weighted by Gasteiger charge is -2.09. The second-order valence-electron chi connectivity index (χ2n) is 5.76. The van der Waals surface area contributed by atoms with Crippen LogP contribution in [0.4, 0.5) is 4.39 Å². The van der Waals surface area contributed by atoms with Crippen LogP contribution < -0.4 is 10.2 Å². The molecule has 146 valence electrons. The van der Waals surface area contributed by atoms with E-state index in [0.717, 1.165) is 4.47 Å². The Labute approximate surface area is 179 Å². The summed E-state index contributed by atoms with van der Waals surface area (Å²) in [6.45, 7) is 0. The SMILES string of the molecule is O=C(N/N=C\c1cc(Br)ccc1OC(=O)c1ccccc1Cl)c1ccc(F)cc1. The van der Waals surface area contributed by atoms with E-state index in [0.29, 0.717) is 5.56 Å². The summed E-state index contributed by atoms with van der Waals surface area (Å²) in [6.07, 6.45) is 1.33. The minimum Gasteiger partial charge on any atom is -0.422 e. The lowest BCUT2D eigenvalue weighted by molar-refractivity contribution is 0.0734. The maximum absolute atomic E-state index is 12.9. The number of carbonyl (C=O) groups is 2. The first-order valence-electron chi connectivity index (χ1n) is 8.29. The van der Waals surface area contributed by atoms with Crippen molar-refractivity contribution in [2.24, 2.45) is 5.10 Å². The maximum Gasteiger partial charge on any atom is 0.345 e. The maximum atomic E-state index is 12.9. The molecule has 1 amide bonds. The molecule has 3 aromatic carbocycles. The largest absolute Gasteiger partial charge is 0.422 e. The van der Waals surface area contributed by atoms with Crippen molar-refractivity contribution in [2.75, 3.05) is 0 Å². The van der Waals surface area contributed by atoms with Crippen LogP contribution in [0.5, 0.6) is 5.75 Å². The van der Waals surface area contributed by atoms with E-state index in [1.54, 1.807) is 42.5 Å². The zero-order valence-electron chi connectivity index (χ0n) is 14.7. The average Bonchev–Trinajstić information content (AvgIpc) is 2.70. The second kappa shape index (κ2) is 9.45. The number of nitrogens with one attached hydrogen (secondary N) is 1. The fourth-order valence-electron chi connectivity index (χ4n) is 2.32. The Hall–Kier alpha value is -3.03. The van der Waals surface area contributed by atoms with Crippen molar-refractivity contribution < 1.29 is 18.7 Å². The zero-order valence-corrected chi connectivity index (χ0v) is 17.1. The smallest absolute Gasteiger partial charge is 0.345 e. The third-order valence-corrected chi connectivity index (χ3v) is 4.57. The third kappa shape index (κ3) is 5.49. The Kier molecular flexibility index (Phi) is 6.74. The van der Waals surface area contributed by atoms with Crippen molar-refractivity contribution in [2.45, 2.75) is 0 Å². The second-order valence-corrected chi connectivity index (χ2v) is 7.08. The number of benzene rings is 3. The number of rotatable bonds is 5. The van der Waals surface area contributed by atoms with Gasteiger partial charge in [-0.3, -0.25) is 4.79 Å². The molecule has 0 radical (unpaired) electrons. The van der Waals surface area contributed by atoms with Crippen LogP contribution in [0.2, 0.25) is 5.02 Å². The van der Waals surface area contributed by atoms with Gasteiger partial charge < -0.3 is 4.74 Å². The first-order valence-corrected chi connectivity index (χ1v) is 9.46. The van der Waals surface area contributed by atoms with E-state index in [9.17, 15) is 14.0 Å². The van der Waals surface area contributed by atoms with Gasteiger partial charge in [-0.1, -0.05) is 39.7 Å². The summed E-state index contributed by atoms with van der Waals surface area (Å²) in [5.74, 6) is -1.34. The molecule has 0 saturated heterocycles. The highest BCUT2D eigenvalue weighted by Gasteiger charge is 2.14. The van der Waals surface area contributed by atoms with Gasteiger partial charge >= 0.3 is 5.97 Å². The highest BCUT2D eigenvalue weighted by atomic mass is 79.9. The van der Waals surface area contributed by atoms with Crippen LogP contribution in [0.3, 0.4) is 0 Å². The summed E-state index contributed by atoms with van der Waals surface area (Å²) in [5, 5.41) is 4.16. The molecule has 3 aromatic rings. The molecular formula is C21H13BrClFN2O3. The van der Waals surface area contributed by atoms with Crippen molar-refractivity contribution in [1.29, 1.82) is 0 Å². The van der Waals surface area contributed by atoms with Gasteiger partial charge in [-0.05, 0) is 54.6 Å². The fourth-order valence-corrected chi connectivity index (χ4v) is 2.91. The Morgan fingerprint density at radius 1 is 1.07 bits per heavy atom. The fraction of sp³-hybridized carbons (Fsp3) is 0. The molecule has 0 aliphatic heterocycles. The molecule has 0 aliphatic rings. The summed E-state index contributed by atoms with van der Waals surface area (Å²) in [4.78, 5) is 24.4. The molecule has 0 saturated carbocycles.